The number of nitrogens with one attached hydrogen (secondary N) is 1. The Kier molecular flexibility index (Phi) is 7.38. The van der Waals surface area contributed by atoms with Gasteiger partial charge in [-0.3, -0.25) is 4.79 Å². The van der Waals surface area contributed by atoms with E-state index in [-0.39, 0.29) is 24.7 Å². The van der Waals surface area contributed by atoms with Crippen molar-refractivity contribution in [2.24, 2.45) is 5.92 Å². The molecule has 0 aromatic heterocycles. The molecule has 2 atom stereocenters. The number of hydrogen-bond acceptors (Lipinski definition) is 5. The molecular formula is C22H34N2O5. The third-order valence-electron chi connectivity index (χ3n) is 4.67. The van der Waals surface area contributed by atoms with E-state index in [0.29, 0.717) is 12.8 Å². The summed E-state index contributed by atoms with van der Waals surface area (Å²) in [4.78, 5) is 27.0. The summed E-state index contributed by atoms with van der Waals surface area (Å²) in [6.07, 6.45) is 0.632. The lowest BCUT2D eigenvalue weighted by atomic mass is 10.0. The van der Waals surface area contributed by atoms with Crippen LogP contribution >= 0.6 is 0 Å². The van der Waals surface area contributed by atoms with Crippen LogP contribution in [0.5, 0.6) is 11.5 Å². The molecule has 29 heavy (non-hydrogen) atoms. The topological polar surface area (TPSA) is 77.1 Å². The number of carbonyl (C=O) groups is 2. The summed E-state index contributed by atoms with van der Waals surface area (Å²) in [5.74, 6) is 1.59. The zero-order valence-corrected chi connectivity index (χ0v) is 18.6. The van der Waals surface area contributed by atoms with Crippen LogP contribution in [0.25, 0.3) is 0 Å². The van der Waals surface area contributed by atoms with Crippen molar-refractivity contribution in [3.8, 4) is 11.5 Å². The molecule has 1 heterocycles. The number of fused-ring (bicyclic) bond motifs is 1. The summed E-state index contributed by atoms with van der Waals surface area (Å²) in [6, 6.07) is 5.12. The van der Waals surface area contributed by atoms with Crippen molar-refractivity contribution in [2.75, 3.05) is 13.8 Å². The number of benzene rings is 1. The minimum absolute atomic E-state index is 0.0574. The van der Waals surface area contributed by atoms with E-state index < -0.39 is 17.7 Å². The molecule has 2 amide bonds. The maximum atomic E-state index is 13.1. The lowest BCUT2D eigenvalue weighted by Gasteiger charge is -2.31. The molecule has 2 rings (SSSR count). The van der Waals surface area contributed by atoms with Crippen molar-refractivity contribution < 1.29 is 23.8 Å². The predicted molar refractivity (Wildman–Crippen MR) is 111 cm³/mol. The molecule has 0 radical (unpaired) electrons. The highest BCUT2D eigenvalue weighted by Crippen LogP contribution is 2.33. The Morgan fingerprint density at radius 1 is 1.17 bits per heavy atom. The van der Waals surface area contributed by atoms with Crippen LogP contribution in [0.3, 0.4) is 0 Å². The standard InChI is InChI=1S/C22H34N2O5/c1-14(2)10-17(23-21(26)29-22(4,5)6)20(25)24(7)15(3)11-16-8-9-18-19(12-16)28-13-27-18/h8-9,12,14-15,17H,10-11,13H2,1-7H3,(H,23,26)/t15-,17-/m1/s1. The number of nitrogens with zero attached hydrogens (tertiary/aromatic N) is 1. The highest BCUT2D eigenvalue weighted by molar-refractivity contribution is 5.85. The summed E-state index contributed by atoms with van der Waals surface area (Å²) in [5, 5.41) is 2.75. The minimum Gasteiger partial charge on any atom is -0.454 e. The van der Waals surface area contributed by atoms with Gasteiger partial charge in [0, 0.05) is 13.1 Å². The quantitative estimate of drug-likeness (QED) is 0.746. The summed E-state index contributed by atoms with van der Waals surface area (Å²) in [6.45, 7) is 11.7. The van der Waals surface area contributed by atoms with Gasteiger partial charge in [-0.15, -0.1) is 0 Å². The highest BCUT2D eigenvalue weighted by Gasteiger charge is 2.29. The Labute approximate surface area is 173 Å². The summed E-state index contributed by atoms with van der Waals surface area (Å²) in [7, 11) is 1.77. The van der Waals surface area contributed by atoms with Crippen LogP contribution in [-0.4, -0.2) is 48.4 Å². The lowest BCUT2D eigenvalue weighted by molar-refractivity contribution is -0.134. The molecular weight excluding hydrogens is 372 g/mol. The second kappa shape index (κ2) is 9.37. The molecule has 0 aliphatic carbocycles. The molecule has 1 aliphatic heterocycles. The van der Waals surface area contributed by atoms with E-state index in [0.717, 1.165) is 17.1 Å². The first-order valence-electron chi connectivity index (χ1n) is 10.1. The smallest absolute Gasteiger partial charge is 0.408 e. The second-order valence-corrected chi connectivity index (χ2v) is 9.02. The van der Waals surface area contributed by atoms with E-state index in [1.165, 1.54) is 0 Å². The first-order chi connectivity index (χ1) is 13.5. The first kappa shape index (κ1) is 22.8. The highest BCUT2D eigenvalue weighted by atomic mass is 16.7. The fourth-order valence-corrected chi connectivity index (χ4v) is 3.15. The minimum atomic E-state index is -0.631. The molecule has 7 nitrogen and oxygen atoms in total. The zero-order chi connectivity index (χ0) is 21.8. The average molecular weight is 407 g/mol. The van der Waals surface area contributed by atoms with Gasteiger partial charge in [-0.25, -0.2) is 4.79 Å². The van der Waals surface area contributed by atoms with Crippen molar-refractivity contribution in [2.45, 2.75) is 72.1 Å². The molecule has 0 spiro atoms. The third-order valence-corrected chi connectivity index (χ3v) is 4.67. The summed E-state index contributed by atoms with van der Waals surface area (Å²) >= 11 is 0. The fourth-order valence-electron chi connectivity index (χ4n) is 3.15. The molecule has 1 aliphatic rings. The van der Waals surface area contributed by atoms with Crippen LogP contribution < -0.4 is 14.8 Å². The van der Waals surface area contributed by atoms with Gasteiger partial charge in [0.15, 0.2) is 11.5 Å². The fraction of sp³-hybridized carbons (Fsp3) is 0.636. The Bertz CT molecular complexity index is 726. The molecule has 1 aromatic carbocycles. The van der Waals surface area contributed by atoms with E-state index in [9.17, 15) is 9.59 Å². The number of alkyl carbamates (subject to hydrolysis) is 1. The van der Waals surface area contributed by atoms with E-state index in [2.05, 4.69) is 5.32 Å². The SMILES string of the molecule is CC(C)C[C@@H](NC(=O)OC(C)(C)C)C(=O)N(C)[C@H](C)Cc1ccc2c(c1)OCO2. The van der Waals surface area contributed by atoms with Crippen molar-refractivity contribution in [1.29, 1.82) is 0 Å². The van der Waals surface area contributed by atoms with Crippen LogP contribution in [-0.2, 0) is 16.0 Å². The van der Waals surface area contributed by atoms with Gasteiger partial charge in [-0.1, -0.05) is 19.9 Å². The van der Waals surface area contributed by atoms with Gasteiger partial charge in [-0.2, -0.15) is 0 Å². The summed E-state index contributed by atoms with van der Waals surface area (Å²) < 4.78 is 16.1. The first-order valence-corrected chi connectivity index (χ1v) is 10.1. The zero-order valence-electron chi connectivity index (χ0n) is 18.6. The van der Waals surface area contributed by atoms with Crippen LogP contribution in [0.15, 0.2) is 18.2 Å². The predicted octanol–water partition coefficient (Wildman–Crippen LogP) is 3.74. The number of carbonyl (C=O) groups excluding carboxylic acids is 2. The van der Waals surface area contributed by atoms with Gasteiger partial charge in [0.05, 0.1) is 0 Å². The van der Waals surface area contributed by atoms with Crippen LogP contribution in [0.1, 0.15) is 53.5 Å². The molecule has 7 heteroatoms. The van der Waals surface area contributed by atoms with E-state index in [4.69, 9.17) is 14.2 Å². The normalized spacial score (nSPS) is 15.0. The van der Waals surface area contributed by atoms with Gasteiger partial charge in [0.1, 0.15) is 11.6 Å². The molecule has 0 saturated heterocycles. The van der Waals surface area contributed by atoms with Gasteiger partial charge < -0.3 is 24.4 Å². The maximum Gasteiger partial charge on any atom is 0.408 e. The average Bonchev–Trinajstić information content (AvgIpc) is 3.05. The van der Waals surface area contributed by atoms with Gasteiger partial charge in [-0.05, 0) is 64.2 Å². The number of ether oxygens (including phenoxy) is 3. The van der Waals surface area contributed by atoms with Crippen molar-refractivity contribution in [3.05, 3.63) is 23.8 Å². The molecule has 0 saturated carbocycles. The van der Waals surface area contributed by atoms with Crippen LogP contribution in [0, 0.1) is 5.92 Å². The number of likely N-dealkylation sites (N-methyl/N-ethyl adjacent to an activating group) is 1. The second-order valence-electron chi connectivity index (χ2n) is 9.02. The van der Waals surface area contributed by atoms with Gasteiger partial charge in [0.2, 0.25) is 12.7 Å². The Balaban J connectivity index is 2.03. The summed E-state index contributed by atoms with van der Waals surface area (Å²) in [5.41, 5.74) is 0.440. The third kappa shape index (κ3) is 6.84. The monoisotopic (exact) mass is 406 g/mol. The van der Waals surface area contributed by atoms with Crippen molar-refractivity contribution in [1.82, 2.24) is 10.2 Å². The maximum absolute atomic E-state index is 13.1. The number of hydrogen-bond donors (Lipinski definition) is 1. The van der Waals surface area contributed by atoms with Gasteiger partial charge in [0.25, 0.3) is 0 Å². The van der Waals surface area contributed by atoms with Crippen molar-refractivity contribution in [3.63, 3.8) is 0 Å². The molecule has 0 bridgehead atoms. The Hall–Kier alpha value is -2.44. The largest absolute Gasteiger partial charge is 0.454 e. The molecule has 1 N–H and O–H groups in total. The van der Waals surface area contributed by atoms with Crippen LogP contribution in [0.2, 0.25) is 0 Å². The van der Waals surface area contributed by atoms with Crippen LogP contribution in [0.4, 0.5) is 4.79 Å². The van der Waals surface area contributed by atoms with Gasteiger partial charge >= 0.3 is 6.09 Å². The number of amides is 2. The number of rotatable bonds is 7. The lowest BCUT2D eigenvalue weighted by Crippen LogP contribution is -2.51. The van der Waals surface area contributed by atoms with Crippen molar-refractivity contribution >= 4 is 12.0 Å². The Morgan fingerprint density at radius 3 is 2.45 bits per heavy atom. The molecule has 0 fully saturated rings. The molecule has 1 aromatic rings. The molecule has 0 unspecified atom stereocenters. The van der Waals surface area contributed by atoms with E-state index in [1.54, 1.807) is 32.7 Å². The Morgan fingerprint density at radius 2 is 1.83 bits per heavy atom. The molecule has 162 valence electrons. The van der Waals surface area contributed by atoms with E-state index >= 15 is 0 Å². The van der Waals surface area contributed by atoms with E-state index in [1.807, 2.05) is 39.0 Å².